The van der Waals surface area contributed by atoms with Gasteiger partial charge < -0.3 is 24.8 Å². The van der Waals surface area contributed by atoms with E-state index in [1.807, 2.05) is 0 Å². The van der Waals surface area contributed by atoms with Crippen molar-refractivity contribution in [2.45, 2.75) is 61.7 Å². The van der Waals surface area contributed by atoms with Crippen LogP contribution in [0.15, 0.2) is 83.9 Å². The Kier molecular flexibility index (Phi) is 8.12. The van der Waals surface area contributed by atoms with E-state index < -0.39 is 20.0 Å². The maximum absolute atomic E-state index is 2.88. The average Bonchev–Trinajstić information content (AvgIpc) is 3.44. The molecule has 0 N–H and O–H groups in total. The van der Waals surface area contributed by atoms with Gasteiger partial charge in [-0.2, -0.15) is 0 Å². The molecule has 7 rings (SSSR count). The third-order valence-corrected chi connectivity index (χ3v) is 31.9. The number of rotatable bonds is 6. The molecule has 0 saturated carbocycles. The van der Waals surface area contributed by atoms with Crippen LogP contribution in [0.2, 0.25) is 8.35 Å². The molecule has 3 aliphatic rings. The summed E-state index contributed by atoms with van der Waals surface area (Å²) >= 11 is -2.88. The zero-order chi connectivity index (χ0) is 24.3. The van der Waals surface area contributed by atoms with Crippen molar-refractivity contribution in [3.05, 3.63) is 106 Å². The van der Waals surface area contributed by atoms with Crippen molar-refractivity contribution in [1.29, 1.82) is 0 Å². The summed E-state index contributed by atoms with van der Waals surface area (Å²) in [6.45, 7) is 4.76. The minimum Gasteiger partial charge on any atom is -1.00 e. The van der Waals surface area contributed by atoms with Crippen LogP contribution in [0.4, 0.5) is 0 Å². The maximum atomic E-state index is 2.66. The van der Waals surface area contributed by atoms with Crippen molar-refractivity contribution >= 4 is 33.7 Å². The van der Waals surface area contributed by atoms with Crippen molar-refractivity contribution in [3.8, 4) is 0 Å². The third kappa shape index (κ3) is 4.11. The molecule has 0 amide bonds. The predicted octanol–water partition coefficient (Wildman–Crippen LogP) is 4.57. The molecule has 3 heteroatoms. The molecule has 0 radical (unpaired) electrons. The van der Waals surface area contributed by atoms with Gasteiger partial charge in [-0.15, -0.1) is 0 Å². The molecule has 194 valence electrons. The molecule has 4 aromatic carbocycles. The Morgan fingerprint density at radius 1 is 0.605 bits per heavy atom. The molecule has 2 atom stereocenters. The number of allylic oxidation sites excluding steroid dienone is 2. The van der Waals surface area contributed by atoms with E-state index in [9.17, 15) is 0 Å². The molecule has 0 nitrogen and oxygen atoms in total. The molecule has 2 aliphatic carbocycles. The molecule has 0 aromatic heterocycles. The van der Waals surface area contributed by atoms with Crippen LogP contribution >= 0.6 is 0 Å². The Hall–Kier alpha value is -1.67. The van der Waals surface area contributed by atoms with E-state index in [2.05, 4.69) is 98.8 Å². The van der Waals surface area contributed by atoms with Crippen LogP contribution in [0.25, 0.3) is 33.7 Å². The second kappa shape index (κ2) is 11.1. The van der Waals surface area contributed by atoms with E-state index in [1.165, 1.54) is 53.6 Å². The molecule has 38 heavy (non-hydrogen) atoms. The predicted molar refractivity (Wildman–Crippen MR) is 153 cm³/mol. The molecule has 1 fully saturated rings. The molecule has 0 spiro atoms. The summed E-state index contributed by atoms with van der Waals surface area (Å²) in [5, 5.41) is 5.73. The van der Waals surface area contributed by atoms with E-state index in [0.717, 1.165) is 7.35 Å². The van der Waals surface area contributed by atoms with Gasteiger partial charge in [0.25, 0.3) is 0 Å². The third-order valence-electron chi connectivity index (χ3n) is 9.54. The smallest absolute Gasteiger partial charge is 1.00 e. The zero-order valence-corrected chi connectivity index (χ0v) is 27.5. The first-order valence-corrected chi connectivity index (χ1v) is 23.4. The van der Waals surface area contributed by atoms with Gasteiger partial charge in [0.2, 0.25) is 0 Å². The van der Waals surface area contributed by atoms with E-state index in [-0.39, 0.29) is 24.8 Å². The van der Waals surface area contributed by atoms with Gasteiger partial charge in [-0.25, -0.2) is 0 Å². The Morgan fingerprint density at radius 2 is 1.05 bits per heavy atom. The van der Waals surface area contributed by atoms with Gasteiger partial charge in [0.05, 0.1) is 0 Å². The molecule has 1 saturated heterocycles. The molecular formula is C35H36Cl2Hf. The Bertz CT molecular complexity index is 1450. The minimum absolute atomic E-state index is 0. The Labute approximate surface area is 244 Å². The number of halogens is 2. The van der Waals surface area contributed by atoms with Crippen LogP contribution in [0.1, 0.15) is 75.6 Å². The van der Waals surface area contributed by atoms with E-state index in [1.54, 1.807) is 41.8 Å². The second-order valence-electron chi connectivity index (χ2n) is 11.5. The van der Waals surface area contributed by atoms with Crippen molar-refractivity contribution in [3.63, 3.8) is 0 Å². The van der Waals surface area contributed by atoms with Crippen LogP contribution in [0.5, 0.6) is 0 Å². The topological polar surface area (TPSA) is 0 Å². The number of fused-ring (bicyclic) bond motifs is 6. The summed E-state index contributed by atoms with van der Waals surface area (Å²) in [5.74, 6) is 0. The number of hydrogen-bond acceptors (Lipinski definition) is 0. The zero-order valence-electron chi connectivity index (χ0n) is 22.4. The van der Waals surface area contributed by atoms with Gasteiger partial charge in [0.1, 0.15) is 0 Å². The minimum atomic E-state index is -2.88. The average molecular weight is 706 g/mol. The Morgan fingerprint density at radius 3 is 1.45 bits per heavy atom. The normalized spacial score (nSPS) is 19.7. The number of benzene rings is 4. The fourth-order valence-electron chi connectivity index (χ4n) is 8.08. The first-order valence-electron chi connectivity index (χ1n) is 14.2. The van der Waals surface area contributed by atoms with Crippen LogP contribution in [0.3, 0.4) is 0 Å². The molecule has 2 unspecified atom stereocenters. The fourth-order valence-corrected chi connectivity index (χ4v) is 30.8. The summed E-state index contributed by atoms with van der Waals surface area (Å²) in [4.78, 5) is 0. The summed E-state index contributed by atoms with van der Waals surface area (Å²) in [6, 6.07) is 28.1. The molecular weight excluding hydrogens is 670 g/mol. The van der Waals surface area contributed by atoms with Crippen LogP contribution < -0.4 is 24.8 Å². The van der Waals surface area contributed by atoms with Crippen LogP contribution in [-0.2, 0) is 20.0 Å². The standard InChI is InChI=1S/2C16H15.C3H6.2ClH.Hf/c2*1-2-5-12-10-14-9-8-13-6-3-4-7-15(13)16(14)11-12;1-3-2;;;/h2*3-4,6-11H,2,5H2,1H3;1-3H2;2*1H;/q;;;;;+2/p-2. The fraction of sp³-hybridized carbons (Fsp3) is 0.314. The van der Waals surface area contributed by atoms with Crippen molar-refractivity contribution in [2.75, 3.05) is 0 Å². The first-order chi connectivity index (χ1) is 17.7. The van der Waals surface area contributed by atoms with Gasteiger partial charge >= 0.3 is 222 Å². The monoisotopic (exact) mass is 706 g/mol. The molecule has 1 heterocycles. The Balaban J connectivity index is 0.00000147. The van der Waals surface area contributed by atoms with E-state index >= 15 is 0 Å². The van der Waals surface area contributed by atoms with Crippen LogP contribution in [-0.4, -0.2) is 0 Å². The first kappa shape index (κ1) is 27.9. The second-order valence-corrected chi connectivity index (χ2v) is 28.1. The van der Waals surface area contributed by atoms with Gasteiger partial charge in [0.15, 0.2) is 0 Å². The van der Waals surface area contributed by atoms with Gasteiger partial charge in [-0.3, -0.25) is 0 Å². The molecule has 1 aliphatic heterocycles. The quantitative estimate of drug-likeness (QED) is 0.258. The molecule has 0 bridgehead atoms. The molecule has 4 aromatic rings. The van der Waals surface area contributed by atoms with E-state index in [4.69, 9.17) is 0 Å². The number of hydrogen-bond donors (Lipinski definition) is 0. The van der Waals surface area contributed by atoms with Gasteiger partial charge in [0, 0.05) is 0 Å². The van der Waals surface area contributed by atoms with E-state index in [0.29, 0.717) is 0 Å². The van der Waals surface area contributed by atoms with Crippen LogP contribution in [0, 0.1) is 0 Å². The van der Waals surface area contributed by atoms with Crippen molar-refractivity contribution in [2.24, 2.45) is 0 Å². The van der Waals surface area contributed by atoms with Crippen molar-refractivity contribution in [1.82, 2.24) is 0 Å². The summed E-state index contributed by atoms with van der Waals surface area (Å²) in [5.41, 5.74) is 10.1. The van der Waals surface area contributed by atoms with Gasteiger partial charge in [-0.05, 0) is 0 Å². The summed E-state index contributed by atoms with van der Waals surface area (Å²) < 4.78 is 4.63. The SMILES string of the molecule is CCCC1=Cc2c(ccc3ccccc23)[CH]1[Hf+2]1([CH]2C(CCC)=Cc3c2ccc2ccccc32)[CH2]C[CH2]1.[Cl-].[Cl-]. The van der Waals surface area contributed by atoms with Crippen molar-refractivity contribution < 1.29 is 44.8 Å². The van der Waals surface area contributed by atoms with Gasteiger partial charge in [-0.1, -0.05) is 0 Å². The maximum Gasteiger partial charge on any atom is -1.00 e. The summed E-state index contributed by atoms with van der Waals surface area (Å²) in [6.07, 6.45) is 11.8. The largest absolute Gasteiger partial charge is 1.00 e. The summed E-state index contributed by atoms with van der Waals surface area (Å²) in [7, 11) is 0.